The Kier molecular flexibility index (Phi) is 10.5. The molecule has 0 unspecified atom stereocenters. The topological polar surface area (TPSA) is 87.7 Å². The molecule has 2 aromatic carbocycles. The number of phenolic OH excluding ortho intramolecular Hbond substituents is 1. The maximum absolute atomic E-state index is 12.5. The molecule has 1 aliphatic heterocycles. The zero-order chi connectivity index (χ0) is 30.6. The first-order chi connectivity index (χ1) is 18.4. The number of nitrogens with one attached hydrogen (secondary N) is 2. The van der Waals surface area contributed by atoms with Gasteiger partial charge in [0.1, 0.15) is 17.1 Å². The summed E-state index contributed by atoms with van der Waals surface area (Å²) in [4.78, 5) is 25.0. The first-order valence-corrected chi connectivity index (χ1v) is 14.7. The zero-order valence-corrected chi connectivity index (χ0v) is 26.9. The van der Waals surface area contributed by atoms with Crippen LogP contribution in [0.15, 0.2) is 24.3 Å². The molecule has 0 aromatic heterocycles. The van der Waals surface area contributed by atoms with Gasteiger partial charge in [-0.3, -0.25) is 20.4 Å². The third kappa shape index (κ3) is 8.02. The van der Waals surface area contributed by atoms with E-state index in [0.29, 0.717) is 18.6 Å². The normalized spacial score (nSPS) is 13.8. The highest BCUT2D eigenvalue weighted by molar-refractivity contribution is 5.82. The Labute approximate surface area is 242 Å². The number of rotatable bonds is 7. The van der Waals surface area contributed by atoms with Crippen LogP contribution in [0.5, 0.6) is 11.5 Å². The number of hydrogen-bond acceptors (Lipinski definition) is 4. The summed E-state index contributed by atoms with van der Waals surface area (Å²) in [5.74, 6) is 1.00. The van der Waals surface area contributed by atoms with Gasteiger partial charge in [0.25, 0.3) is 0 Å². The lowest BCUT2D eigenvalue weighted by Crippen LogP contribution is -2.41. The summed E-state index contributed by atoms with van der Waals surface area (Å²) in [5, 5.41) is 10.8. The lowest BCUT2D eigenvalue weighted by molar-refractivity contribution is -0.128. The van der Waals surface area contributed by atoms with E-state index < -0.39 is 0 Å². The number of ether oxygens (including phenoxy) is 1. The first kappa shape index (κ1) is 33.2. The molecule has 0 aliphatic carbocycles. The van der Waals surface area contributed by atoms with Crippen LogP contribution in [0.2, 0.25) is 0 Å². The molecule has 222 valence electrons. The molecule has 0 atom stereocenters. The fraction of sp³-hybridized carbons (Fsp3) is 0.588. The van der Waals surface area contributed by atoms with Gasteiger partial charge in [0, 0.05) is 24.0 Å². The minimum Gasteiger partial charge on any atom is -0.507 e. The minimum absolute atomic E-state index is 0.0616. The van der Waals surface area contributed by atoms with E-state index in [9.17, 15) is 14.7 Å². The molecule has 1 heterocycles. The van der Waals surface area contributed by atoms with E-state index in [0.717, 1.165) is 33.6 Å². The van der Waals surface area contributed by atoms with Crippen molar-refractivity contribution in [1.82, 2.24) is 10.9 Å². The Morgan fingerprint density at radius 1 is 0.825 bits per heavy atom. The average molecular weight is 553 g/mol. The Morgan fingerprint density at radius 3 is 1.70 bits per heavy atom. The largest absolute Gasteiger partial charge is 0.507 e. The van der Waals surface area contributed by atoms with Gasteiger partial charge < -0.3 is 9.84 Å². The highest BCUT2D eigenvalue weighted by Crippen LogP contribution is 2.49. The summed E-state index contributed by atoms with van der Waals surface area (Å²) >= 11 is 0. The number of aromatic hydroxyl groups is 1. The van der Waals surface area contributed by atoms with E-state index in [1.54, 1.807) is 0 Å². The number of hydrazine groups is 1. The Hall–Kier alpha value is -3.02. The second kappa shape index (κ2) is 12.7. The van der Waals surface area contributed by atoms with Gasteiger partial charge in [-0.05, 0) is 71.8 Å². The van der Waals surface area contributed by atoms with Crippen LogP contribution in [-0.4, -0.2) is 16.9 Å². The number of carbonyl (C=O) groups excluding carboxylic acids is 2. The van der Waals surface area contributed by atoms with Crippen LogP contribution < -0.4 is 15.6 Å². The van der Waals surface area contributed by atoms with Gasteiger partial charge in [-0.1, -0.05) is 87.4 Å². The van der Waals surface area contributed by atoms with Gasteiger partial charge in [-0.15, -0.1) is 0 Å². The number of hydrogen-bond donors (Lipinski definition) is 3. The predicted molar refractivity (Wildman–Crippen MR) is 164 cm³/mol. The third-order valence-corrected chi connectivity index (χ3v) is 7.21. The van der Waals surface area contributed by atoms with Gasteiger partial charge in [-0.25, -0.2) is 0 Å². The Morgan fingerprint density at radius 2 is 1.27 bits per heavy atom. The van der Waals surface area contributed by atoms with Crippen LogP contribution in [0.1, 0.15) is 135 Å². The molecule has 6 heteroatoms. The van der Waals surface area contributed by atoms with Gasteiger partial charge in [-0.2, -0.15) is 0 Å². The van der Waals surface area contributed by atoms with Crippen molar-refractivity contribution in [3.8, 4) is 11.5 Å². The third-order valence-electron chi connectivity index (χ3n) is 7.21. The van der Waals surface area contributed by atoms with Crippen LogP contribution in [0, 0.1) is 0 Å². The maximum Gasteiger partial charge on any atom is 0.238 e. The molecular formula is C34H52N2O4. The molecule has 0 saturated heterocycles. The van der Waals surface area contributed by atoms with Crippen molar-refractivity contribution >= 4 is 11.8 Å². The molecule has 3 rings (SSSR count). The van der Waals surface area contributed by atoms with Crippen molar-refractivity contribution in [2.45, 2.75) is 131 Å². The monoisotopic (exact) mass is 552 g/mol. The van der Waals surface area contributed by atoms with E-state index in [1.165, 1.54) is 5.56 Å². The predicted octanol–water partition coefficient (Wildman–Crippen LogP) is 7.48. The van der Waals surface area contributed by atoms with E-state index >= 15 is 0 Å². The molecule has 0 spiro atoms. The summed E-state index contributed by atoms with van der Waals surface area (Å²) in [5.41, 5.74) is 10.7. The van der Waals surface area contributed by atoms with E-state index in [2.05, 4.69) is 78.4 Å². The molecule has 2 aromatic rings. The van der Waals surface area contributed by atoms with Crippen molar-refractivity contribution in [3.63, 3.8) is 0 Å². The maximum atomic E-state index is 12.5. The van der Waals surface area contributed by atoms with Gasteiger partial charge in [0.2, 0.25) is 11.8 Å². The number of amides is 2. The van der Waals surface area contributed by atoms with Gasteiger partial charge in [0.15, 0.2) is 0 Å². The SMILES string of the molecule is CC.CC(C)c1cc(CCC(=O)NNC(=O)CCc2cc(C(C)(C)C)c3c(c2)C(C)(C)O3)cc(C(C)(C)C)c1O. The van der Waals surface area contributed by atoms with Crippen molar-refractivity contribution in [1.29, 1.82) is 0 Å². The highest BCUT2D eigenvalue weighted by Gasteiger charge is 2.40. The summed E-state index contributed by atoms with van der Waals surface area (Å²) in [7, 11) is 0. The van der Waals surface area contributed by atoms with Crippen molar-refractivity contribution in [2.24, 2.45) is 0 Å². The molecule has 2 amide bonds. The molecule has 1 aliphatic rings. The van der Waals surface area contributed by atoms with E-state index in [-0.39, 0.29) is 47.0 Å². The number of carbonyl (C=O) groups is 2. The lowest BCUT2D eigenvalue weighted by Gasteiger charge is -2.42. The number of benzene rings is 2. The van der Waals surface area contributed by atoms with Crippen LogP contribution in [0.4, 0.5) is 0 Å². The molecule has 0 radical (unpaired) electrons. The smallest absolute Gasteiger partial charge is 0.238 e. The molecule has 3 N–H and O–H groups in total. The molecular weight excluding hydrogens is 500 g/mol. The molecule has 0 fully saturated rings. The first-order valence-electron chi connectivity index (χ1n) is 14.7. The van der Waals surface area contributed by atoms with Crippen LogP contribution in [-0.2, 0) is 38.9 Å². The minimum atomic E-state index is -0.317. The van der Waals surface area contributed by atoms with E-state index in [4.69, 9.17) is 4.74 Å². The second-order valence-corrected chi connectivity index (χ2v) is 13.5. The van der Waals surface area contributed by atoms with E-state index in [1.807, 2.05) is 39.8 Å². The quantitative estimate of drug-likeness (QED) is 0.311. The Balaban J connectivity index is 0.00000274. The average Bonchev–Trinajstić information content (AvgIpc) is 2.85. The fourth-order valence-corrected chi connectivity index (χ4v) is 4.87. The number of fused-ring (bicyclic) bond motifs is 1. The van der Waals surface area contributed by atoms with Crippen LogP contribution in [0.3, 0.4) is 0 Å². The number of phenols is 1. The summed E-state index contributed by atoms with van der Waals surface area (Å²) in [6, 6.07) is 8.23. The number of aryl methyl sites for hydroxylation is 2. The zero-order valence-electron chi connectivity index (χ0n) is 26.9. The molecule has 6 nitrogen and oxygen atoms in total. The van der Waals surface area contributed by atoms with Gasteiger partial charge >= 0.3 is 0 Å². The lowest BCUT2D eigenvalue weighted by atomic mass is 9.78. The second-order valence-electron chi connectivity index (χ2n) is 13.5. The standard InChI is InChI=1S/C32H46N2O4.C2H6/c1-19(2)22-15-20(16-23(28(22)37)30(3,4)5)11-13-26(35)33-34-27(36)14-12-21-17-24(31(6,7)8)29-25(18-21)32(9,10)38-29;1-2/h15-19,37H,11-14H2,1-10H3,(H,33,35)(H,34,36);1-2H3. The summed E-state index contributed by atoms with van der Waals surface area (Å²) < 4.78 is 6.04. The van der Waals surface area contributed by atoms with Crippen LogP contribution in [0.25, 0.3) is 0 Å². The summed E-state index contributed by atoms with van der Waals surface area (Å²) in [6.45, 7) is 24.9. The molecule has 0 saturated carbocycles. The van der Waals surface area contributed by atoms with Crippen molar-refractivity contribution in [3.05, 3.63) is 57.6 Å². The summed E-state index contributed by atoms with van der Waals surface area (Å²) in [6.07, 6.45) is 1.61. The molecule has 40 heavy (non-hydrogen) atoms. The highest BCUT2D eigenvalue weighted by atomic mass is 16.5. The Bertz CT molecular complexity index is 1140. The molecule has 0 bridgehead atoms. The van der Waals surface area contributed by atoms with Crippen LogP contribution >= 0.6 is 0 Å². The fourth-order valence-electron chi connectivity index (χ4n) is 4.87. The van der Waals surface area contributed by atoms with Gasteiger partial charge in [0.05, 0.1) is 0 Å². The van der Waals surface area contributed by atoms with Crippen molar-refractivity contribution < 1.29 is 19.4 Å². The van der Waals surface area contributed by atoms with Crippen molar-refractivity contribution in [2.75, 3.05) is 0 Å².